The SMILES string of the molecule is CC(=O)c1cc2ccc(O)c(CN)c2oc1=NO. The Morgan fingerprint density at radius 3 is 2.78 bits per heavy atom. The van der Waals surface area contributed by atoms with E-state index in [1.807, 2.05) is 0 Å². The van der Waals surface area contributed by atoms with Crippen LogP contribution >= 0.6 is 0 Å². The summed E-state index contributed by atoms with van der Waals surface area (Å²) in [7, 11) is 0. The molecular weight excluding hydrogens is 236 g/mol. The standard InChI is InChI=1S/C12H12N2O4/c1-6(15)8-4-7-2-3-10(16)9(5-13)11(7)18-12(8)14-17/h2-4,16-17H,5,13H2,1H3. The van der Waals surface area contributed by atoms with Gasteiger partial charge in [-0.2, -0.15) is 0 Å². The second-order valence-corrected chi connectivity index (χ2v) is 3.81. The summed E-state index contributed by atoms with van der Waals surface area (Å²) in [6.07, 6.45) is 0. The molecule has 0 fully saturated rings. The smallest absolute Gasteiger partial charge is 0.266 e. The van der Waals surface area contributed by atoms with E-state index in [-0.39, 0.29) is 29.2 Å². The van der Waals surface area contributed by atoms with Gasteiger partial charge in [-0.05, 0) is 30.3 Å². The van der Waals surface area contributed by atoms with E-state index < -0.39 is 0 Å². The maximum Gasteiger partial charge on any atom is 0.266 e. The van der Waals surface area contributed by atoms with Gasteiger partial charge in [-0.3, -0.25) is 4.79 Å². The Labute approximate surface area is 102 Å². The zero-order valence-corrected chi connectivity index (χ0v) is 9.67. The fourth-order valence-corrected chi connectivity index (χ4v) is 1.76. The number of nitrogens with two attached hydrogens (primary N) is 1. The minimum atomic E-state index is -0.282. The molecule has 0 unspecified atom stereocenters. The van der Waals surface area contributed by atoms with Gasteiger partial charge in [0.1, 0.15) is 11.3 Å². The average Bonchev–Trinajstić information content (AvgIpc) is 2.37. The summed E-state index contributed by atoms with van der Waals surface area (Å²) >= 11 is 0. The Hall–Kier alpha value is -2.34. The van der Waals surface area contributed by atoms with Crippen molar-refractivity contribution in [1.29, 1.82) is 0 Å². The molecule has 18 heavy (non-hydrogen) atoms. The van der Waals surface area contributed by atoms with Crippen molar-refractivity contribution in [2.45, 2.75) is 13.5 Å². The van der Waals surface area contributed by atoms with Gasteiger partial charge in [-0.25, -0.2) is 0 Å². The zero-order valence-electron chi connectivity index (χ0n) is 9.67. The molecule has 0 radical (unpaired) electrons. The van der Waals surface area contributed by atoms with Crippen LogP contribution < -0.4 is 11.3 Å². The highest BCUT2D eigenvalue weighted by Gasteiger charge is 2.13. The molecule has 2 rings (SSSR count). The molecule has 0 bridgehead atoms. The van der Waals surface area contributed by atoms with Gasteiger partial charge >= 0.3 is 0 Å². The predicted molar refractivity (Wildman–Crippen MR) is 63.1 cm³/mol. The monoisotopic (exact) mass is 248 g/mol. The number of carbonyl (C=O) groups excluding carboxylic acids is 1. The van der Waals surface area contributed by atoms with Crippen LogP contribution in [0.4, 0.5) is 0 Å². The fraction of sp³-hybridized carbons (Fsp3) is 0.167. The van der Waals surface area contributed by atoms with Crippen molar-refractivity contribution in [1.82, 2.24) is 0 Å². The van der Waals surface area contributed by atoms with Crippen molar-refractivity contribution in [2.24, 2.45) is 10.9 Å². The van der Waals surface area contributed by atoms with E-state index in [0.29, 0.717) is 16.5 Å². The van der Waals surface area contributed by atoms with Crippen molar-refractivity contribution < 1.29 is 19.5 Å². The number of phenols is 1. The first-order valence-electron chi connectivity index (χ1n) is 5.26. The first-order valence-corrected chi connectivity index (χ1v) is 5.26. The van der Waals surface area contributed by atoms with E-state index in [9.17, 15) is 9.90 Å². The number of carbonyl (C=O) groups is 1. The van der Waals surface area contributed by atoms with Gasteiger partial charge < -0.3 is 20.5 Å². The number of phenolic OH excluding ortho intramolecular Hbond substituents is 1. The molecule has 0 aliphatic heterocycles. The van der Waals surface area contributed by atoms with Crippen LogP contribution in [0.3, 0.4) is 0 Å². The van der Waals surface area contributed by atoms with Gasteiger partial charge in [0.05, 0.1) is 11.1 Å². The lowest BCUT2D eigenvalue weighted by Gasteiger charge is -2.06. The Kier molecular flexibility index (Phi) is 3.03. The molecule has 0 amide bonds. The van der Waals surface area contributed by atoms with Crippen LogP contribution in [0.25, 0.3) is 11.0 Å². The van der Waals surface area contributed by atoms with Crippen LogP contribution in [0.2, 0.25) is 0 Å². The highest BCUT2D eigenvalue weighted by molar-refractivity contribution is 5.97. The second kappa shape index (κ2) is 4.50. The summed E-state index contributed by atoms with van der Waals surface area (Å²) in [6.45, 7) is 1.41. The quantitative estimate of drug-likeness (QED) is 0.418. The van der Waals surface area contributed by atoms with Crippen LogP contribution in [0.5, 0.6) is 5.75 Å². The van der Waals surface area contributed by atoms with E-state index in [1.54, 1.807) is 6.07 Å². The molecule has 1 aromatic carbocycles. The van der Waals surface area contributed by atoms with E-state index in [1.165, 1.54) is 19.1 Å². The molecule has 2 aromatic rings. The predicted octanol–water partition coefficient (Wildman–Crippen LogP) is 1.09. The third-order valence-electron chi connectivity index (χ3n) is 2.67. The second-order valence-electron chi connectivity index (χ2n) is 3.81. The molecule has 4 N–H and O–H groups in total. The number of hydrogen-bond donors (Lipinski definition) is 3. The molecule has 0 saturated carbocycles. The first-order chi connectivity index (χ1) is 8.58. The van der Waals surface area contributed by atoms with Gasteiger partial charge in [0, 0.05) is 11.9 Å². The first kappa shape index (κ1) is 12.1. The molecule has 1 heterocycles. The van der Waals surface area contributed by atoms with E-state index >= 15 is 0 Å². The number of benzene rings is 1. The lowest BCUT2D eigenvalue weighted by molar-refractivity contribution is 0.101. The van der Waals surface area contributed by atoms with Crippen LogP contribution in [-0.4, -0.2) is 16.1 Å². The molecule has 0 atom stereocenters. The van der Waals surface area contributed by atoms with E-state index in [4.69, 9.17) is 15.4 Å². The largest absolute Gasteiger partial charge is 0.507 e. The van der Waals surface area contributed by atoms with Crippen molar-refractivity contribution in [3.05, 3.63) is 34.9 Å². The lowest BCUT2D eigenvalue weighted by atomic mass is 10.1. The molecule has 0 spiro atoms. The molecule has 1 aromatic heterocycles. The number of Topliss-reactive ketones (excluding diaryl/α,β-unsaturated/α-hetero) is 1. The summed E-state index contributed by atoms with van der Waals surface area (Å²) in [6, 6.07) is 4.61. The van der Waals surface area contributed by atoms with Crippen LogP contribution in [0.15, 0.2) is 27.8 Å². The number of rotatable bonds is 2. The molecule has 6 heteroatoms. The normalized spacial score (nSPS) is 12.0. The third-order valence-corrected chi connectivity index (χ3v) is 2.67. The van der Waals surface area contributed by atoms with Crippen molar-refractivity contribution in [3.8, 4) is 5.75 Å². The lowest BCUT2D eigenvalue weighted by Crippen LogP contribution is -2.14. The van der Waals surface area contributed by atoms with Crippen molar-refractivity contribution >= 4 is 16.8 Å². The highest BCUT2D eigenvalue weighted by atomic mass is 16.5. The van der Waals surface area contributed by atoms with Gasteiger partial charge in [-0.1, -0.05) is 0 Å². The van der Waals surface area contributed by atoms with Crippen LogP contribution in [-0.2, 0) is 6.54 Å². The van der Waals surface area contributed by atoms with Crippen molar-refractivity contribution in [2.75, 3.05) is 0 Å². The molecule has 0 aliphatic carbocycles. The summed E-state index contributed by atoms with van der Waals surface area (Å²) in [5.74, 6) is -0.288. The van der Waals surface area contributed by atoms with E-state index in [0.717, 1.165) is 0 Å². The minimum Gasteiger partial charge on any atom is -0.507 e. The van der Waals surface area contributed by atoms with Gasteiger partial charge in [0.15, 0.2) is 5.78 Å². The third kappa shape index (κ3) is 1.82. The summed E-state index contributed by atoms with van der Waals surface area (Å²) in [5.41, 5.74) is 6.19. The number of aromatic hydroxyl groups is 1. The molecule has 0 saturated heterocycles. The maximum atomic E-state index is 11.4. The number of fused-ring (bicyclic) bond motifs is 1. The number of ketones is 1. The molecular formula is C12H12N2O4. The van der Waals surface area contributed by atoms with Gasteiger partial charge in [0.25, 0.3) is 5.55 Å². The van der Waals surface area contributed by atoms with Crippen LogP contribution in [0, 0.1) is 0 Å². The Morgan fingerprint density at radius 2 is 2.22 bits per heavy atom. The molecule has 0 aliphatic rings. The summed E-state index contributed by atoms with van der Waals surface area (Å²) in [5, 5.41) is 22.0. The number of nitrogens with zero attached hydrogens (tertiary/aromatic N) is 1. The Bertz CT molecular complexity index is 688. The average molecular weight is 248 g/mol. The topological polar surface area (TPSA) is 109 Å². The minimum absolute atomic E-state index is 0.00628. The Morgan fingerprint density at radius 1 is 1.50 bits per heavy atom. The fourth-order valence-electron chi connectivity index (χ4n) is 1.76. The van der Waals surface area contributed by atoms with Gasteiger partial charge in [0.2, 0.25) is 0 Å². The number of hydrogen-bond acceptors (Lipinski definition) is 6. The van der Waals surface area contributed by atoms with E-state index in [2.05, 4.69) is 5.16 Å². The molecule has 6 nitrogen and oxygen atoms in total. The highest BCUT2D eigenvalue weighted by Crippen LogP contribution is 2.26. The maximum absolute atomic E-state index is 11.4. The van der Waals surface area contributed by atoms with Gasteiger partial charge in [-0.15, -0.1) is 0 Å². The Balaban J connectivity index is 2.92. The summed E-state index contributed by atoms with van der Waals surface area (Å²) in [4.78, 5) is 11.4. The molecule has 94 valence electrons. The van der Waals surface area contributed by atoms with Crippen LogP contribution in [0.1, 0.15) is 22.8 Å². The summed E-state index contributed by atoms with van der Waals surface area (Å²) < 4.78 is 5.33. The van der Waals surface area contributed by atoms with Crippen molar-refractivity contribution in [3.63, 3.8) is 0 Å². The zero-order chi connectivity index (χ0) is 13.3.